The molecule has 1 N–H and O–H groups in total. The van der Waals surface area contributed by atoms with Crippen molar-refractivity contribution >= 4 is 11.4 Å². The van der Waals surface area contributed by atoms with Crippen LogP contribution in [-0.4, -0.2) is 13.3 Å². The second-order valence-corrected chi connectivity index (χ2v) is 7.78. The Hall–Kier alpha value is 1.71. The Morgan fingerprint density at radius 2 is 0.895 bits per heavy atom. The molecule has 3 nitrogen and oxygen atoms in total. The quantitative estimate of drug-likeness (QED) is 0.492. The van der Waals surface area contributed by atoms with E-state index in [1.807, 2.05) is 0 Å². The van der Waals surface area contributed by atoms with Gasteiger partial charge in [0, 0.05) is 0 Å². The first kappa shape index (κ1) is 15.6. The Kier molecular flexibility index (Phi) is 4.70. The molecule has 7 saturated carbocycles. The Morgan fingerprint density at radius 3 is 1.05 bits per heavy atom. The summed E-state index contributed by atoms with van der Waals surface area (Å²) in [5.41, 5.74) is 0. The summed E-state index contributed by atoms with van der Waals surface area (Å²) in [6, 6.07) is 0. The molecule has 0 aromatic carbocycles. The number of hydrogen-bond donors (Lipinski definition) is 1. The zero-order valence-electron chi connectivity index (χ0n) is 11.5. The summed E-state index contributed by atoms with van der Waals surface area (Å²) in [7, 11) is 0. The maximum absolute atomic E-state index is 8.56. The van der Waals surface area contributed by atoms with Crippen molar-refractivity contribution in [2.24, 2.45) is 47.3 Å². The SMILES string of the molecule is C1C2CC3C4CC5CC(C14)C(C2)C3C5.O=S([O-])O.[K+]. The molecule has 0 aromatic rings. The van der Waals surface area contributed by atoms with E-state index < -0.39 is 11.4 Å². The van der Waals surface area contributed by atoms with Crippen molar-refractivity contribution in [3.63, 3.8) is 0 Å². The van der Waals surface area contributed by atoms with Gasteiger partial charge in [-0.15, -0.1) is 0 Å². The number of hydrogen-bond acceptors (Lipinski definition) is 2. The summed E-state index contributed by atoms with van der Waals surface area (Å²) >= 11 is -2.86. The van der Waals surface area contributed by atoms with Crippen LogP contribution in [-0.2, 0) is 11.4 Å². The van der Waals surface area contributed by atoms with E-state index in [-0.39, 0.29) is 51.4 Å². The van der Waals surface area contributed by atoms with Crippen molar-refractivity contribution in [1.29, 1.82) is 0 Å². The van der Waals surface area contributed by atoms with Gasteiger partial charge in [-0.25, -0.2) is 4.21 Å². The van der Waals surface area contributed by atoms with Crippen LogP contribution < -0.4 is 51.4 Å². The summed E-state index contributed by atoms with van der Waals surface area (Å²) in [5.74, 6) is 9.74. The molecule has 7 fully saturated rings. The second-order valence-electron chi connectivity index (χ2n) is 7.35. The van der Waals surface area contributed by atoms with E-state index in [9.17, 15) is 0 Å². The molecule has 7 aliphatic rings. The minimum Gasteiger partial charge on any atom is -0.750 e. The van der Waals surface area contributed by atoms with E-state index in [0.717, 1.165) is 0 Å². The third-order valence-electron chi connectivity index (χ3n) is 6.93. The third-order valence-corrected chi connectivity index (χ3v) is 6.93. The molecule has 0 radical (unpaired) electrons. The molecule has 0 aromatic heterocycles. The van der Waals surface area contributed by atoms with Gasteiger partial charge in [0.1, 0.15) is 0 Å². The molecule has 0 saturated heterocycles. The molecular weight excluding hydrogens is 287 g/mol. The second kappa shape index (κ2) is 5.72. The van der Waals surface area contributed by atoms with Crippen molar-refractivity contribution in [1.82, 2.24) is 0 Å². The molecule has 19 heavy (non-hydrogen) atoms. The van der Waals surface area contributed by atoms with Crippen LogP contribution in [0.5, 0.6) is 0 Å². The van der Waals surface area contributed by atoms with E-state index in [2.05, 4.69) is 0 Å². The summed E-state index contributed by atoms with van der Waals surface area (Å²) in [6.07, 6.45) is 9.93. The Bertz CT molecular complexity index is 297. The van der Waals surface area contributed by atoms with Gasteiger partial charge in [0.2, 0.25) is 0 Å². The van der Waals surface area contributed by atoms with Gasteiger partial charge in [-0.1, -0.05) is 0 Å². The molecule has 5 heteroatoms. The van der Waals surface area contributed by atoms with E-state index in [1.165, 1.54) is 47.3 Å². The summed E-state index contributed by atoms with van der Waals surface area (Å²) in [4.78, 5) is 0. The summed E-state index contributed by atoms with van der Waals surface area (Å²) in [6.45, 7) is 0. The molecule has 7 rings (SSSR count). The Morgan fingerprint density at radius 1 is 0.737 bits per heavy atom. The maximum Gasteiger partial charge on any atom is 1.00 e. The van der Waals surface area contributed by atoms with Gasteiger partial charge in [0.15, 0.2) is 0 Å². The molecular formula is C14H21KO3S. The first-order valence-corrected chi connectivity index (χ1v) is 8.45. The van der Waals surface area contributed by atoms with Crippen LogP contribution in [0.4, 0.5) is 0 Å². The normalized spacial score (nSPS) is 56.3. The average Bonchev–Trinajstić information content (AvgIpc) is 2.34. The summed E-state index contributed by atoms with van der Waals surface area (Å²) in [5, 5.41) is 0. The van der Waals surface area contributed by atoms with Gasteiger partial charge in [0.25, 0.3) is 0 Å². The van der Waals surface area contributed by atoms with Crippen molar-refractivity contribution in [2.75, 3.05) is 0 Å². The van der Waals surface area contributed by atoms with Gasteiger partial charge in [-0.05, 0) is 85.9 Å². The fourth-order valence-electron chi connectivity index (χ4n) is 6.89. The van der Waals surface area contributed by atoms with Crippen molar-refractivity contribution in [3.8, 4) is 0 Å². The molecule has 0 spiro atoms. The van der Waals surface area contributed by atoms with Crippen LogP contribution in [0.15, 0.2) is 0 Å². The van der Waals surface area contributed by atoms with Crippen molar-refractivity contribution in [2.45, 2.75) is 38.5 Å². The largest absolute Gasteiger partial charge is 1.00 e. The fourth-order valence-corrected chi connectivity index (χ4v) is 6.89. The monoisotopic (exact) mass is 308 g/mol. The van der Waals surface area contributed by atoms with E-state index in [0.29, 0.717) is 0 Å². The van der Waals surface area contributed by atoms with E-state index in [4.69, 9.17) is 13.3 Å². The minimum atomic E-state index is -2.86. The van der Waals surface area contributed by atoms with Gasteiger partial charge >= 0.3 is 51.4 Å². The van der Waals surface area contributed by atoms with E-state index in [1.54, 1.807) is 38.5 Å². The van der Waals surface area contributed by atoms with Gasteiger partial charge in [-0.3, -0.25) is 0 Å². The fraction of sp³-hybridized carbons (Fsp3) is 1.00. The summed E-state index contributed by atoms with van der Waals surface area (Å²) < 4.78 is 24.1. The zero-order valence-corrected chi connectivity index (χ0v) is 15.5. The van der Waals surface area contributed by atoms with Crippen LogP contribution in [0.25, 0.3) is 0 Å². The predicted molar refractivity (Wildman–Crippen MR) is 67.2 cm³/mol. The first-order valence-electron chi connectivity index (χ1n) is 7.41. The molecule has 102 valence electrons. The van der Waals surface area contributed by atoms with Crippen LogP contribution in [0.2, 0.25) is 0 Å². The van der Waals surface area contributed by atoms with Crippen molar-refractivity contribution < 1.29 is 64.7 Å². The van der Waals surface area contributed by atoms with Crippen LogP contribution in [0, 0.1) is 47.3 Å². The molecule has 0 aliphatic heterocycles. The predicted octanol–water partition coefficient (Wildman–Crippen LogP) is -0.333. The molecule has 0 heterocycles. The van der Waals surface area contributed by atoms with Gasteiger partial charge in [0.05, 0.1) is 11.4 Å². The van der Waals surface area contributed by atoms with E-state index >= 15 is 0 Å². The molecule has 0 amide bonds. The Balaban J connectivity index is 0.000000199. The Labute approximate surface area is 160 Å². The van der Waals surface area contributed by atoms with Crippen LogP contribution in [0.3, 0.4) is 0 Å². The molecule has 8 bridgehead atoms. The minimum absolute atomic E-state index is 0. The van der Waals surface area contributed by atoms with Crippen LogP contribution >= 0.6 is 0 Å². The van der Waals surface area contributed by atoms with Crippen molar-refractivity contribution in [3.05, 3.63) is 0 Å². The maximum atomic E-state index is 8.56. The standard InChI is InChI=1S/C14H20.K.H2O3S/c1-7-2-12-10-4-8-5-11(9(1)10)13(3-7)14(12)6-8;;1-4(2)3/h7-14H,1-6H2;;(H2,1,2,3)/q;+1;/p-1. The molecule has 7 aliphatic carbocycles. The average molecular weight is 308 g/mol. The number of rotatable bonds is 0. The zero-order chi connectivity index (χ0) is 12.4. The van der Waals surface area contributed by atoms with Gasteiger partial charge < -0.3 is 9.11 Å². The first-order chi connectivity index (χ1) is 8.63. The molecule has 1 unspecified atom stereocenters. The topological polar surface area (TPSA) is 60.4 Å². The smallest absolute Gasteiger partial charge is 0.750 e. The van der Waals surface area contributed by atoms with Crippen LogP contribution in [0.1, 0.15) is 38.5 Å². The van der Waals surface area contributed by atoms with Gasteiger partial charge in [-0.2, -0.15) is 0 Å². The molecule has 1 atom stereocenters. The third kappa shape index (κ3) is 2.50.